The number of phenols is 1. The van der Waals surface area contributed by atoms with Crippen molar-refractivity contribution in [3.8, 4) is 39.8 Å². The molecule has 2 atom stereocenters. The number of H-pyrrole nitrogens is 2. The number of thiophene rings is 1. The molecule has 0 saturated heterocycles. The van der Waals surface area contributed by atoms with E-state index in [1.807, 2.05) is 61.5 Å². The molecule has 0 aliphatic heterocycles. The molecule has 0 spiro atoms. The Balaban J connectivity index is 0.000000174. The first kappa shape index (κ1) is 39.1. The maximum absolute atomic E-state index is 14.0. The number of fused-ring (bicyclic) bond motifs is 6. The predicted octanol–water partition coefficient (Wildman–Crippen LogP) is 8.15. The second-order valence-electron chi connectivity index (χ2n) is 14.1. The van der Waals surface area contributed by atoms with Gasteiger partial charge in [-0.15, -0.1) is 11.3 Å². The topological polar surface area (TPSA) is 182 Å². The second-order valence-corrected chi connectivity index (χ2v) is 15.1. The number of hydrogen-bond donors (Lipinski definition) is 5. The minimum absolute atomic E-state index is 0.0582. The van der Waals surface area contributed by atoms with Crippen LogP contribution in [0.5, 0.6) is 17.5 Å². The number of aromatic hydroxyl groups is 1. The lowest BCUT2D eigenvalue weighted by Crippen LogP contribution is -2.10. The van der Waals surface area contributed by atoms with E-state index in [-0.39, 0.29) is 34.1 Å². The molecule has 57 heavy (non-hydrogen) atoms. The fraction of sp³-hybridized carbons (Fsp3) is 0.227. The van der Waals surface area contributed by atoms with Crippen molar-refractivity contribution in [1.29, 1.82) is 0 Å². The lowest BCUT2D eigenvalue weighted by atomic mass is 9.94. The Morgan fingerprint density at radius 1 is 0.719 bits per heavy atom. The summed E-state index contributed by atoms with van der Waals surface area (Å²) in [5.41, 5.74) is 19.0. The standard InChI is InChI=1S/C23H23N3O3.C21H20FN3O2S/c1-12(11-24)14-7-9-15(10-8-14)18-20-16-5-4-6-17(27)19(16)22(28)26-21(20)13(2)25-23(18)29-3;1-10(9-23)12-4-6-13(7-5-12)16-17-14-8-15(22)28-19(14)20(26)25-18(17)11(2)24-21(16)27-3/h4-10,12,27H,11,24H2,1-3H3,(H,26,28);4-8,10H,9,23H2,1-3H3,(H,25,26). The molecule has 292 valence electrons. The first-order chi connectivity index (χ1) is 27.4. The number of nitrogens with two attached hydrogens (primary N) is 2. The number of nitrogens with one attached hydrogen (secondary N) is 2. The molecular weight excluding hydrogens is 744 g/mol. The summed E-state index contributed by atoms with van der Waals surface area (Å²) < 4.78 is 25.6. The molecule has 0 aliphatic rings. The van der Waals surface area contributed by atoms with Gasteiger partial charge in [0, 0.05) is 21.5 Å². The van der Waals surface area contributed by atoms with Crippen molar-refractivity contribution >= 4 is 54.0 Å². The van der Waals surface area contributed by atoms with Gasteiger partial charge < -0.3 is 36.0 Å². The fourth-order valence-electron chi connectivity index (χ4n) is 7.31. The van der Waals surface area contributed by atoms with Crippen molar-refractivity contribution < 1.29 is 19.0 Å². The maximum Gasteiger partial charge on any atom is 0.266 e. The third-order valence-electron chi connectivity index (χ3n) is 10.5. The lowest BCUT2D eigenvalue weighted by Gasteiger charge is -2.16. The summed E-state index contributed by atoms with van der Waals surface area (Å²) in [6.45, 7) is 8.91. The van der Waals surface area contributed by atoms with Gasteiger partial charge in [-0.3, -0.25) is 9.59 Å². The molecule has 0 fully saturated rings. The number of halogens is 1. The van der Waals surface area contributed by atoms with Crippen molar-refractivity contribution in [2.24, 2.45) is 11.5 Å². The lowest BCUT2D eigenvalue weighted by molar-refractivity contribution is 0.399. The van der Waals surface area contributed by atoms with Crippen LogP contribution >= 0.6 is 11.3 Å². The molecule has 0 saturated carbocycles. The number of rotatable bonds is 8. The highest BCUT2D eigenvalue weighted by atomic mass is 32.1. The van der Waals surface area contributed by atoms with E-state index >= 15 is 0 Å². The normalized spacial score (nSPS) is 12.5. The number of aryl methyl sites for hydroxylation is 2. The van der Waals surface area contributed by atoms with Gasteiger partial charge in [0.2, 0.25) is 11.8 Å². The monoisotopic (exact) mass is 786 g/mol. The number of phenolic OH excluding ortho intramolecular Hbond substituents is 1. The molecule has 11 nitrogen and oxygen atoms in total. The Kier molecular flexibility index (Phi) is 10.8. The van der Waals surface area contributed by atoms with Crippen LogP contribution in [0.25, 0.3) is 64.9 Å². The van der Waals surface area contributed by atoms with Crippen LogP contribution in [-0.2, 0) is 0 Å². The van der Waals surface area contributed by atoms with Crippen LogP contribution in [0, 0.1) is 19.0 Å². The Morgan fingerprint density at radius 2 is 1.19 bits per heavy atom. The number of aromatic amines is 2. The van der Waals surface area contributed by atoms with E-state index in [4.69, 9.17) is 20.9 Å². The number of ether oxygens (including phenoxy) is 2. The van der Waals surface area contributed by atoms with E-state index in [2.05, 4.69) is 33.8 Å². The highest BCUT2D eigenvalue weighted by Crippen LogP contribution is 2.42. The highest BCUT2D eigenvalue weighted by Gasteiger charge is 2.22. The molecule has 0 bridgehead atoms. The molecule has 13 heteroatoms. The van der Waals surface area contributed by atoms with Gasteiger partial charge in [-0.25, -0.2) is 9.97 Å². The molecule has 5 aromatic heterocycles. The SMILES string of the molecule is COc1nc(C)c2[nH]c(=O)c3c(O)cccc3c2c1-c1ccc(C(C)CN)cc1.COc1nc(C)c2[nH]c(=O)c3sc(F)cc3c2c1-c1ccc(C(C)CN)cc1. The summed E-state index contributed by atoms with van der Waals surface area (Å²) in [5, 5.41) is 12.9. The molecule has 0 radical (unpaired) electrons. The first-order valence-corrected chi connectivity index (χ1v) is 19.2. The molecule has 0 aliphatic carbocycles. The number of hydrogen-bond acceptors (Lipinski definition) is 10. The van der Waals surface area contributed by atoms with E-state index < -0.39 is 5.13 Å². The summed E-state index contributed by atoms with van der Waals surface area (Å²) in [6.07, 6.45) is 0. The number of pyridine rings is 4. The van der Waals surface area contributed by atoms with Gasteiger partial charge in [-0.1, -0.05) is 74.5 Å². The van der Waals surface area contributed by atoms with Gasteiger partial charge in [0.1, 0.15) is 10.4 Å². The van der Waals surface area contributed by atoms with Crippen LogP contribution in [0.15, 0.2) is 82.4 Å². The molecule has 3 aromatic carbocycles. The van der Waals surface area contributed by atoms with E-state index in [0.29, 0.717) is 62.7 Å². The largest absolute Gasteiger partial charge is 0.507 e. The predicted molar refractivity (Wildman–Crippen MR) is 228 cm³/mol. The van der Waals surface area contributed by atoms with E-state index in [0.717, 1.165) is 55.5 Å². The van der Waals surface area contributed by atoms with Crippen molar-refractivity contribution in [2.75, 3.05) is 27.3 Å². The van der Waals surface area contributed by atoms with Crippen molar-refractivity contribution in [3.63, 3.8) is 0 Å². The first-order valence-electron chi connectivity index (χ1n) is 18.4. The molecule has 5 heterocycles. The minimum atomic E-state index is -0.403. The van der Waals surface area contributed by atoms with E-state index in [1.165, 1.54) is 12.1 Å². The average Bonchev–Trinajstić information content (AvgIpc) is 3.63. The van der Waals surface area contributed by atoms with Crippen molar-refractivity contribution in [1.82, 2.24) is 19.9 Å². The molecular formula is C44H43FN6O5S. The van der Waals surface area contributed by atoms with Gasteiger partial charge in [-0.2, -0.15) is 4.39 Å². The Morgan fingerprint density at radius 3 is 1.67 bits per heavy atom. The smallest absolute Gasteiger partial charge is 0.266 e. The summed E-state index contributed by atoms with van der Waals surface area (Å²) in [5.74, 6) is 1.35. The summed E-state index contributed by atoms with van der Waals surface area (Å²) >= 11 is 0.841. The summed E-state index contributed by atoms with van der Waals surface area (Å²) in [6, 6.07) is 22.6. The molecule has 7 N–H and O–H groups in total. The summed E-state index contributed by atoms with van der Waals surface area (Å²) in [7, 11) is 3.13. The second kappa shape index (κ2) is 15.8. The quantitative estimate of drug-likeness (QED) is 0.0950. The van der Waals surface area contributed by atoms with Gasteiger partial charge in [0.25, 0.3) is 11.1 Å². The van der Waals surface area contributed by atoms with Crippen LogP contribution in [0.2, 0.25) is 0 Å². The van der Waals surface area contributed by atoms with Crippen LogP contribution in [-0.4, -0.2) is 52.4 Å². The number of aromatic nitrogens is 4. The number of methoxy groups -OCH3 is 2. The zero-order valence-electron chi connectivity index (χ0n) is 32.4. The zero-order valence-corrected chi connectivity index (χ0v) is 33.2. The van der Waals surface area contributed by atoms with E-state index in [1.54, 1.807) is 27.2 Å². The molecule has 2 unspecified atom stereocenters. The van der Waals surface area contributed by atoms with Crippen LogP contribution in [0.1, 0.15) is 48.2 Å². The molecule has 8 rings (SSSR count). The minimum Gasteiger partial charge on any atom is -0.507 e. The van der Waals surface area contributed by atoms with Gasteiger partial charge >= 0.3 is 0 Å². The Labute approximate surface area is 331 Å². The zero-order chi connectivity index (χ0) is 40.7. The van der Waals surface area contributed by atoms with Crippen LogP contribution in [0.3, 0.4) is 0 Å². The third kappa shape index (κ3) is 6.98. The fourth-order valence-corrected chi connectivity index (χ4v) is 8.09. The highest BCUT2D eigenvalue weighted by molar-refractivity contribution is 7.17. The van der Waals surface area contributed by atoms with E-state index in [9.17, 15) is 19.1 Å². The van der Waals surface area contributed by atoms with Crippen molar-refractivity contribution in [2.45, 2.75) is 39.5 Å². The van der Waals surface area contributed by atoms with Crippen LogP contribution in [0.4, 0.5) is 4.39 Å². The average molecular weight is 787 g/mol. The summed E-state index contributed by atoms with van der Waals surface area (Å²) in [4.78, 5) is 39.9. The van der Waals surface area contributed by atoms with Gasteiger partial charge in [0.05, 0.1) is 53.2 Å². The van der Waals surface area contributed by atoms with Crippen LogP contribution < -0.4 is 32.1 Å². The van der Waals surface area contributed by atoms with Gasteiger partial charge in [0.15, 0.2) is 5.13 Å². The number of benzene rings is 3. The van der Waals surface area contributed by atoms with Crippen molar-refractivity contribution in [3.05, 3.63) is 121 Å². The maximum atomic E-state index is 14.0. The third-order valence-corrected chi connectivity index (χ3v) is 11.4. The Hall–Kier alpha value is -6.15. The molecule has 8 aromatic rings. The Bertz CT molecular complexity index is 2920. The number of nitrogens with zero attached hydrogens (tertiary/aromatic N) is 2. The molecule has 0 amide bonds. The van der Waals surface area contributed by atoms with Gasteiger partial charge in [-0.05, 0) is 73.2 Å².